The van der Waals surface area contributed by atoms with Gasteiger partial charge in [-0.2, -0.15) is 0 Å². The molecule has 0 fully saturated rings. The normalized spacial score (nSPS) is 10.6. The Bertz CT molecular complexity index is 368. The summed E-state index contributed by atoms with van der Waals surface area (Å²) >= 11 is 5.87. The lowest BCUT2D eigenvalue weighted by Crippen LogP contribution is -2.33. The lowest BCUT2D eigenvalue weighted by atomic mass is 10.2. The van der Waals surface area contributed by atoms with Crippen molar-refractivity contribution >= 4 is 23.7 Å². The number of halogens is 1. The Labute approximate surface area is 101 Å². The van der Waals surface area contributed by atoms with E-state index in [4.69, 9.17) is 11.6 Å². The summed E-state index contributed by atoms with van der Waals surface area (Å²) in [7, 11) is 0. The summed E-state index contributed by atoms with van der Waals surface area (Å²) in [6, 6.07) is 0.268. The maximum absolute atomic E-state index is 11.0. The molecule has 1 aromatic heterocycles. The van der Waals surface area contributed by atoms with Gasteiger partial charge in [0.15, 0.2) is 6.29 Å². The van der Waals surface area contributed by atoms with E-state index in [0.717, 1.165) is 13.0 Å². The highest BCUT2D eigenvalue weighted by Gasteiger charge is 2.17. The number of carbonyl (C=O) groups is 1. The van der Waals surface area contributed by atoms with Crippen LogP contribution in [0.25, 0.3) is 0 Å². The molecule has 0 bridgehead atoms. The molecule has 0 saturated carbocycles. The molecule has 1 aromatic rings. The van der Waals surface area contributed by atoms with Crippen molar-refractivity contribution in [2.75, 3.05) is 11.4 Å². The third kappa shape index (κ3) is 2.70. The molecule has 88 valence electrons. The third-order valence-electron chi connectivity index (χ3n) is 2.29. The molecule has 4 nitrogen and oxygen atoms in total. The molecule has 0 amide bonds. The summed E-state index contributed by atoms with van der Waals surface area (Å²) in [5, 5.41) is 0.210. The summed E-state index contributed by atoms with van der Waals surface area (Å²) in [4.78, 5) is 21.0. The maximum atomic E-state index is 11.0. The zero-order valence-corrected chi connectivity index (χ0v) is 10.5. The summed E-state index contributed by atoms with van der Waals surface area (Å²) in [6.07, 6.45) is 3.08. The first-order valence-corrected chi connectivity index (χ1v) is 5.71. The van der Waals surface area contributed by atoms with E-state index >= 15 is 0 Å². The van der Waals surface area contributed by atoms with Gasteiger partial charge in [0.2, 0.25) is 0 Å². The molecule has 0 aliphatic rings. The van der Waals surface area contributed by atoms with Gasteiger partial charge in [-0.25, -0.2) is 9.97 Å². The van der Waals surface area contributed by atoms with Gasteiger partial charge in [0.25, 0.3) is 0 Å². The van der Waals surface area contributed by atoms with E-state index in [1.54, 1.807) is 0 Å². The lowest BCUT2D eigenvalue weighted by Gasteiger charge is -2.28. The molecular weight excluding hydrogens is 226 g/mol. The second kappa shape index (κ2) is 5.80. The number of carbonyl (C=O) groups excluding carboxylic acids is 1. The van der Waals surface area contributed by atoms with Crippen LogP contribution in [-0.4, -0.2) is 28.8 Å². The van der Waals surface area contributed by atoms with Crippen LogP contribution in [-0.2, 0) is 0 Å². The second-order valence-corrected chi connectivity index (χ2v) is 4.16. The Morgan fingerprint density at radius 2 is 2.19 bits per heavy atom. The molecule has 0 spiro atoms. The van der Waals surface area contributed by atoms with Crippen molar-refractivity contribution in [3.8, 4) is 0 Å². The Morgan fingerprint density at radius 3 is 2.69 bits per heavy atom. The van der Waals surface area contributed by atoms with Gasteiger partial charge in [0.05, 0.1) is 5.56 Å². The Hall–Kier alpha value is -1.16. The topological polar surface area (TPSA) is 46.1 Å². The molecule has 0 radical (unpaired) electrons. The summed E-state index contributed by atoms with van der Waals surface area (Å²) in [6.45, 7) is 7.03. The average Bonchev–Trinajstić information content (AvgIpc) is 2.25. The number of nitrogens with zero attached hydrogens (tertiary/aromatic N) is 3. The Morgan fingerprint density at radius 1 is 1.50 bits per heavy atom. The highest BCUT2D eigenvalue weighted by molar-refractivity contribution is 6.32. The quantitative estimate of drug-likeness (QED) is 0.587. The predicted molar refractivity (Wildman–Crippen MR) is 65.2 cm³/mol. The van der Waals surface area contributed by atoms with Crippen molar-refractivity contribution in [1.29, 1.82) is 0 Å². The van der Waals surface area contributed by atoms with E-state index in [1.807, 2.05) is 0 Å². The van der Waals surface area contributed by atoms with Gasteiger partial charge in [-0.15, -0.1) is 0 Å². The van der Waals surface area contributed by atoms with E-state index in [2.05, 4.69) is 35.6 Å². The van der Waals surface area contributed by atoms with Crippen LogP contribution in [0.4, 0.5) is 5.82 Å². The van der Waals surface area contributed by atoms with Crippen LogP contribution in [0.2, 0.25) is 5.15 Å². The van der Waals surface area contributed by atoms with E-state index in [9.17, 15) is 4.79 Å². The van der Waals surface area contributed by atoms with Crippen LogP contribution in [0, 0.1) is 0 Å². The Kier molecular flexibility index (Phi) is 4.68. The monoisotopic (exact) mass is 241 g/mol. The molecule has 0 N–H and O–H groups in total. The van der Waals surface area contributed by atoms with Crippen LogP contribution in [0.1, 0.15) is 37.6 Å². The predicted octanol–water partition coefficient (Wildman–Crippen LogP) is 2.57. The second-order valence-electron chi connectivity index (χ2n) is 3.81. The van der Waals surface area contributed by atoms with Gasteiger partial charge < -0.3 is 4.90 Å². The smallest absolute Gasteiger partial charge is 0.156 e. The molecule has 5 heteroatoms. The minimum Gasteiger partial charge on any atom is -0.353 e. The minimum absolute atomic E-state index is 0.210. The first-order chi connectivity index (χ1) is 7.61. The van der Waals surface area contributed by atoms with E-state index in [0.29, 0.717) is 17.7 Å². The van der Waals surface area contributed by atoms with Crippen LogP contribution in [0.15, 0.2) is 6.33 Å². The maximum Gasteiger partial charge on any atom is 0.156 e. The third-order valence-corrected chi connectivity index (χ3v) is 2.59. The largest absolute Gasteiger partial charge is 0.353 e. The number of anilines is 1. The van der Waals surface area contributed by atoms with E-state index in [1.165, 1.54) is 6.33 Å². The molecule has 0 aromatic carbocycles. The van der Waals surface area contributed by atoms with Crippen LogP contribution >= 0.6 is 11.6 Å². The van der Waals surface area contributed by atoms with Crippen molar-refractivity contribution < 1.29 is 4.79 Å². The fraction of sp³-hybridized carbons (Fsp3) is 0.545. The standard InChI is InChI=1S/C11H16ClN3O/c1-4-5-15(8(2)3)11-9(6-16)10(12)13-7-14-11/h6-8H,4-5H2,1-3H3. The summed E-state index contributed by atoms with van der Waals surface area (Å²) < 4.78 is 0. The minimum atomic E-state index is 0.210. The number of rotatable bonds is 5. The van der Waals surface area contributed by atoms with Gasteiger partial charge >= 0.3 is 0 Å². The molecule has 0 aliphatic carbocycles. The van der Waals surface area contributed by atoms with Crippen molar-refractivity contribution in [2.45, 2.75) is 33.2 Å². The van der Waals surface area contributed by atoms with E-state index < -0.39 is 0 Å². The first-order valence-electron chi connectivity index (χ1n) is 5.34. The van der Waals surface area contributed by atoms with Crippen molar-refractivity contribution in [3.05, 3.63) is 17.0 Å². The molecule has 0 unspecified atom stereocenters. The number of aldehydes is 1. The van der Waals surface area contributed by atoms with Crippen molar-refractivity contribution in [2.24, 2.45) is 0 Å². The van der Waals surface area contributed by atoms with Gasteiger partial charge in [-0.3, -0.25) is 4.79 Å². The summed E-state index contributed by atoms with van der Waals surface area (Å²) in [5.74, 6) is 0.617. The van der Waals surface area contributed by atoms with Gasteiger partial charge in [0, 0.05) is 12.6 Å². The van der Waals surface area contributed by atoms with Crippen LogP contribution < -0.4 is 4.90 Å². The van der Waals surface area contributed by atoms with Crippen molar-refractivity contribution in [3.63, 3.8) is 0 Å². The zero-order chi connectivity index (χ0) is 12.1. The molecule has 0 saturated heterocycles. The Balaban J connectivity index is 3.17. The molecule has 16 heavy (non-hydrogen) atoms. The molecule has 1 heterocycles. The summed E-state index contributed by atoms with van der Waals surface area (Å²) in [5.41, 5.74) is 0.367. The fourth-order valence-corrected chi connectivity index (χ4v) is 1.72. The number of hydrogen-bond acceptors (Lipinski definition) is 4. The molecular formula is C11H16ClN3O. The number of hydrogen-bond donors (Lipinski definition) is 0. The average molecular weight is 242 g/mol. The molecule has 1 rings (SSSR count). The SMILES string of the molecule is CCCN(c1ncnc(Cl)c1C=O)C(C)C. The van der Waals surface area contributed by atoms with E-state index in [-0.39, 0.29) is 11.2 Å². The fourth-order valence-electron chi connectivity index (χ4n) is 1.55. The van der Waals surface area contributed by atoms with Crippen molar-refractivity contribution in [1.82, 2.24) is 9.97 Å². The molecule has 0 atom stereocenters. The van der Waals surface area contributed by atoms with Crippen LogP contribution in [0.3, 0.4) is 0 Å². The molecule has 0 aliphatic heterocycles. The van der Waals surface area contributed by atoms with Gasteiger partial charge in [-0.1, -0.05) is 18.5 Å². The van der Waals surface area contributed by atoms with Crippen LogP contribution in [0.5, 0.6) is 0 Å². The highest BCUT2D eigenvalue weighted by Crippen LogP contribution is 2.23. The van der Waals surface area contributed by atoms with Gasteiger partial charge in [-0.05, 0) is 20.3 Å². The number of aromatic nitrogens is 2. The lowest BCUT2D eigenvalue weighted by molar-refractivity contribution is 0.112. The first kappa shape index (κ1) is 12.9. The zero-order valence-electron chi connectivity index (χ0n) is 9.77. The highest BCUT2D eigenvalue weighted by atomic mass is 35.5. The van der Waals surface area contributed by atoms with Gasteiger partial charge in [0.1, 0.15) is 17.3 Å².